The first-order chi connectivity index (χ1) is 11.1. The average molecular weight is 310 g/mol. The lowest BCUT2D eigenvalue weighted by Crippen LogP contribution is -2.46. The number of anilines is 1. The minimum Gasteiger partial charge on any atom is -0.378 e. The molecule has 1 aromatic carbocycles. The molecule has 2 aromatic rings. The minimum absolute atomic E-state index is 0.0609. The van der Waals surface area contributed by atoms with E-state index in [9.17, 15) is 4.79 Å². The quantitative estimate of drug-likeness (QED) is 0.940. The van der Waals surface area contributed by atoms with Crippen LogP contribution < -0.4 is 10.2 Å². The zero-order chi connectivity index (χ0) is 16.2. The summed E-state index contributed by atoms with van der Waals surface area (Å²) in [4.78, 5) is 20.8. The highest BCUT2D eigenvalue weighted by atomic mass is 16.2. The maximum Gasteiger partial charge on any atom is 0.255 e. The third-order valence-electron chi connectivity index (χ3n) is 4.11. The highest BCUT2D eigenvalue weighted by Gasteiger charge is 2.18. The number of rotatable bonds is 3. The maximum absolute atomic E-state index is 12.6. The smallest absolute Gasteiger partial charge is 0.255 e. The number of aromatic nitrogens is 1. The van der Waals surface area contributed by atoms with Gasteiger partial charge < -0.3 is 15.1 Å². The highest BCUT2D eigenvalue weighted by Crippen LogP contribution is 2.23. The SMILES string of the molecule is CN(C)c1ccc(-c2cncc(C(=O)N3CCNCC3)c2)cc1. The monoisotopic (exact) mass is 310 g/mol. The van der Waals surface area contributed by atoms with Gasteiger partial charge in [0.25, 0.3) is 5.91 Å². The van der Waals surface area contributed by atoms with Gasteiger partial charge in [-0.25, -0.2) is 0 Å². The van der Waals surface area contributed by atoms with E-state index < -0.39 is 0 Å². The van der Waals surface area contributed by atoms with E-state index in [1.807, 2.05) is 25.1 Å². The second-order valence-electron chi connectivity index (χ2n) is 5.95. The van der Waals surface area contributed by atoms with Gasteiger partial charge in [-0.2, -0.15) is 0 Å². The Labute approximate surface area is 136 Å². The normalized spacial score (nSPS) is 14.6. The predicted octanol–water partition coefficient (Wildman–Crippen LogP) is 1.86. The summed E-state index contributed by atoms with van der Waals surface area (Å²) in [6.07, 6.45) is 3.46. The fraction of sp³-hybridized carbons (Fsp3) is 0.333. The van der Waals surface area contributed by atoms with Crippen molar-refractivity contribution in [3.63, 3.8) is 0 Å². The summed E-state index contributed by atoms with van der Waals surface area (Å²) in [5.74, 6) is 0.0609. The first-order valence-electron chi connectivity index (χ1n) is 7.88. The molecule has 0 aliphatic carbocycles. The van der Waals surface area contributed by atoms with Crippen LogP contribution in [0.3, 0.4) is 0 Å². The molecule has 1 aromatic heterocycles. The Balaban J connectivity index is 1.83. The van der Waals surface area contributed by atoms with Gasteiger partial charge in [0.1, 0.15) is 0 Å². The van der Waals surface area contributed by atoms with Crippen LogP contribution in [0.2, 0.25) is 0 Å². The molecule has 0 spiro atoms. The van der Waals surface area contributed by atoms with Crippen LogP contribution in [0.4, 0.5) is 5.69 Å². The van der Waals surface area contributed by atoms with Crippen LogP contribution in [0.5, 0.6) is 0 Å². The number of hydrogen-bond donors (Lipinski definition) is 1. The molecular weight excluding hydrogens is 288 g/mol. The number of nitrogens with zero attached hydrogens (tertiary/aromatic N) is 3. The molecule has 1 amide bonds. The van der Waals surface area contributed by atoms with E-state index in [-0.39, 0.29) is 5.91 Å². The number of carbonyl (C=O) groups is 1. The zero-order valence-electron chi connectivity index (χ0n) is 13.6. The summed E-state index contributed by atoms with van der Waals surface area (Å²) in [6, 6.07) is 10.2. The van der Waals surface area contributed by atoms with Crippen LogP contribution in [0.1, 0.15) is 10.4 Å². The van der Waals surface area contributed by atoms with Crippen molar-refractivity contribution in [2.45, 2.75) is 0 Å². The van der Waals surface area contributed by atoms with E-state index in [2.05, 4.69) is 39.5 Å². The number of benzene rings is 1. The molecule has 0 unspecified atom stereocenters. The van der Waals surface area contributed by atoms with Gasteiger partial charge in [0.15, 0.2) is 0 Å². The van der Waals surface area contributed by atoms with E-state index in [1.54, 1.807) is 12.4 Å². The fourth-order valence-corrected chi connectivity index (χ4v) is 2.72. The molecule has 2 heterocycles. The molecule has 3 rings (SSSR count). The molecule has 23 heavy (non-hydrogen) atoms. The number of amides is 1. The third kappa shape index (κ3) is 3.51. The van der Waals surface area contributed by atoms with Crippen LogP contribution in [-0.4, -0.2) is 56.1 Å². The predicted molar refractivity (Wildman–Crippen MR) is 92.8 cm³/mol. The van der Waals surface area contributed by atoms with Crippen LogP contribution in [-0.2, 0) is 0 Å². The highest BCUT2D eigenvalue weighted by molar-refractivity contribution is 5.95. The summed E-state index contributed by atoms with van der Waals surface area (Å²) >= 11 is 0. The van der Waals surface area contributed by atoms with Crippen molar-refractivity contribution < 1.29 is 4.79 Å². The van der Waals surface area contributed by atoms with Gasteiger partial charge in [-0.15, -0.1) is 0 Å². The Hall–Kier alpha value is -2.40. The van der Waals surface area contributed by atoms with E-state index in [4.69, 9.17) is 0 Å². The van der Waals surface area contributed by atoms with Crippen molar-refractivity contribution in [3.8, 4) is 11.1 Å². The zero-order valence-corrected chi connectivity index (χ0v) is 13.6. The van der Waals surface area contributed by atoms with Gasteiger partial charge in [0, 0.05) is 63.9 Å². The lowest BCUT2D eigenvalue weighted by Gasteiger charge is -2.27. The van der Waals surface area contributed by atoms with Crippen LogP contribution >= 0.6 is 0 Å². The molecule has 0 radical (unpaired) electrons. The van der Waals surface area contributed by atoms with Gasteiger partial charge in [0.05, 0.1) is 5.56 Å². The summed E-state index contributed by atoms with van der Waals surface area (Å²) in [5, 5.41) is 3.26. The summed E-state index contributed by atoms with van der Waals surface area (Å²) in [6.45, 7) is 3.21. The van der Waals surface area contributed by atoms with Gasteiger partial charge in [-0.1, -0.05) is 12.1 Å². The van der Waals surface area contributed by atoms with Crippen LogP contribution in [0, 0.1) is 0 Å². The van der Waals surface area contributed by atoms with Crippen molar-refractivity contribution >= 4 is 11.6 Å². The third-order valence-corrected chi connectivity index (χ3v) is 4.11. The van der Waals surface area contributed by atoms with Crippen molar-refractivity contribution in [2.75, 3.05) is 45.2 Å². The van der Waals surface area contributed by atoms with Crippen molar-refractivity contribution in [2.24, 2.45) is 0 Å². The molecule has 0 atom stereocenters. The second-order valence-corrected chi connectivity index (χ2v) is 5.95. The van der Waals surface area contributed by atoms with Crippen molar-refractivity contribution in [1.29, 1.82) is 0 Å². The van der Waals surface area contributed by atoms with Crippen LogP contribution in [0.25, 0.3) is 11.1 Å². The molecule has 1 aliphatic heterocycles. The first kappa shape index (κ1) is 15.5. The van der Waals surface area contributed by atoms with Gasteiger partial charge in [-0.3, -0.25) is 9.78 Å². The van der Waals surface area contributed by atoms with E-state index in [1.165, 1.54) is 0 Å². The Morgan fingerprint density at radius 3 is 2.43 bits per heavy atom. The van der Waals surface area contributed by atoms with Crippen molar-refractivity contribution in [3.05, 3.63) is 48.3 Å². The average Bonchev–Trinajstić information content (AvgIpc) is 2.62. The lowest BCUT2D eigenvalue weighted by atomic mass is 10.0. The van der Waals surface area contributed by atoms with Gasteiger partial charge >= 0.3 is 0 Å². The Morgan fingerprint density at radius 1 is 1.09 bits per heavy atom. The maximum atomic E-state index is 12.6. The van der Waals surface area contributed by atoms with E-state index in [0.29, 0.717) is 5.56 Å². The van der Waals surface area contributed by atoms with Gasteiger partial charge in [-0.05, 0) is 23.8 Å². The standard InChI is InChI=1S/C18H22N4O/c1-21(2)17-5-3-14(4-6-17)15-11-16(13-20-12-15)18(23)22-9-7-19-8-10-22/h3-6,11-13,19H,7-10H2,1-2H3. The van der Waals surface area contributed by atoms with E-state index in [0.717, 1.165) is 43.0 Å². The van der Waals surface area contributed by atoms with E-state index >= 15 is 0 Å². The molecule has 120 valence electrons. The molecule has 5 heteroatoms. The first-order valence-corrected chi connectivity index (χ1v) is 7.88. The summed E-state index contributed by atoms with van der Waals surface area (Å²) in [7, 11) is 4.03. The largest absolute Gasteiger partial charge is 0.378 e. The molecule has 0 bridgehead atoms. The molecular formula is C18H22N4O. The van der Waals surface area contributed by atoms with Crippen molar-refractivity contribution in [1.82, 2.24) is 15.2 Å². The Morgan fingerprint density at radius 2 is 1.78 bits per heavy atom. The number of piperazine rings is 1. The number of nitrogens with one attached hydrogen (secondary N) is 1. The lowest BCUT2D eigenvalue weighted by molar-refractivity contribution is 0.0735. The molecule has 1 fully saturated rings. The van der Waals surface area contributed by atoms with Crippen LogP contribution in [0.15, 0.2) is 42.7 Å². The minimum atomic E-state index is 0.0609. The van der Waals surface area contributed by atoms with Gasteiger partial charge in [0.2, 0.25) is 0 Å². The topological polar surface area (TPSA) is 48.5 Å². The molecule has 1 N–H and O–H groups in total. The summed E-state index contributed by atoms with van der Waals surface area (Å²) < 4.78 is 0. The number of carbonyl (C=O) groups excluding carboxylic acids is 1. The molecule has 5 nitrogen and oxygen atoms in total. The molecule has 0 saturated carbocycles. The number of hydrogen-bond acceptors (Lipinski definition) is 4. The Kier molecular flexibility index (Phi) is 4.57. The summed E-state index contributed by atoms with van der Waals surface area (Å²) in [5.41, 5.74) is 3.84. The Bertz CT molecular complexity index is 676. The molecule has 1 aliphatic rings. The fourth-order valence-electron chi connectivity index (χ4n) is 2.72. The second kappa shape index (κ2) is 6.79. The molecule has 1 saturated heterocycles. The number of pyridine rings is 1.